The summed E-state index contributed by atoms with van der Waals surface area (Å²) in [5, 5.41) is 6.66. The van der Waals surface area contributed by atoms with Gasteiger partial charge in [0.25, 0.3) is 0 Å². The zero-order valence-corrected chi connectivity index (χ0v) is 13.2. The summed E-state index contributed by atoms with van der Waals surface area (Å²) in [5.74, 6) is -0.0198. The SMILES string of the molecule is CC(C)(C)NC(=O)CNCc1cc(Br)ccc1Cl. The van der Waals surface area contributed by atoms with Crippen LogP contribution < -0.4 is 10.6 Å². The van der Waals surface area contributed by atoms with Crippen molar-refractivity contribution in [1.29, 1.82) is 0 Å². The minimum atomic E-state index is -0.202. The van der Waals surface area contributed by atoms with E-state index in [-0.39, 0.29) is 18.0 Å². The molecule has 0 unspecified atom stereocenters. The van der Waals surface area contributed by atoms with E-state index in [2.05, 4.69) is 26.6 Å². The van der Waals surface area contributed by atoms with Gasteiger partial charge < -0.3 is 10.6 Å². The molecule has 1 aromatic carbocycles. The zero-order chi connectivity index (χ0) is 13.8. The van der Waals surface area contributed by atoms with Crippen LogP contribution in [0.15, 0.2) is 22.7 Å². The van der Waals surface area contributed by atoms with Gasteiger partial charge in [-0.05, 0) is 44.5 Å². The molecule has 0 spiro atoms. The van der Waals surface area contributed by atoms with Crippen molar-refractivity contribution < 1.29 is 4.79 Å². The van der Waals surface area contributed by atoms with Crippen LogP contribution in [0.1, 0.15) is 26.3 Å². The predicted molar refractivity (Wildman–Crippen MR) is 78.8 cm³/mol. The molecule has 0 aliphatic heterocycles. The molecule has 0 atom stereocenters. The van der Waals surface area contributed by atoms with E-state index in [9.17, 15) is 4.79 Å². The summed E-state index contributed by atoms with van der Waals surface area (Å²) in [4.78, 5) is 11.6. The third-order valence-electron chi connectivity index (χ3n) is 2.12. The van der Waals surface area contributed by atoms with E-state index in [0.717, 1.165) is 10.0 Å². The largest absolute Gasteiger partial charge is 0.350 e. The molecule has 0 saturated carbocycles. The lowest BCUT2D eigenvalue weighted by molar-refractivity contribution is -0.121. The van der Waals surface area contributed by atoms with E-state index >= 15 is 0 Å². The number of carbonyl (C=O) groups excluding carboxylic acids is 1. The van der Waals surface area contributed by atoms with Crippen molar-refractivity contribution in [1.82, 2.24) is 10.6 Å². The molecule has 0 aliphatic carbocycles. The van der Waals surface area contributed by atoms with Crippen molar-refractivity contribution in [2.75, 3.05) is 6.54 Å². The molecular formula is C13H18BrClN2O. The van der Waals surface area contributed by atoms with Crippen LogP contribution in [0.2, 0.25) is 5.02 Å². The fourth-order valence-electron chi connectivity index (χ4n) is 1.45. The lowest BCUT2D eigenvalue weighted by Crippen LogP contribution is -2.44. The van der Waals surface area contributed by atoms with Crippen LogP contribution in [0, 0.1) is 0 Å². The highest BCUT2D eigenvalue weighted by molar-refractivity contribution is 9.10. The normalized spacial score (nSPS) is 11.4. The molecule has 1 rings (SSSR count). The van der Waals surface area contributed by atoms with Crippen molar-refractivity contribution in [2.24, 2.45) is 0 Å². The van der Waals surface area contributed by atoms with Crippen LogP contribution in [0.4, 0.5) is 0 Å². The van der Waals surface area contributed by atoms with Gasteiger partial charge in [-0.25, -0.2) is 0 Å². The minimum absolute atomic E-state index is 0.0198. The van der Waals surface area contributed by atoms with Gasteiger partial charge in [0.2, 0.25) is 5.91 Å². The number of carbonyl (C=O) groups is 1. The molecule has 1 aromatic rings. The van der Waals surface area contributed by atoms with Crippen molar-refractivity contribution in [3.63, 3.8) is 0 Å². The maximum absolute atomic E-state index is 11.6. The van der Waals surface area contributed by atoms with E-state index in [0.29, 0.717) is 11.6 Å². The van der Waals surface area contributed by atoms with Gasteiger partial charge in [-0.3, -0.25) is 4.79 Å². The average Bonchev–Trinajstić information content (AvgIpc) is 2.20. The van der Waals surface area contributed by atoms with E-state index in [1.807, 2.05) is 39.0 Å². The summed E-state index contributed by atoms with van der Waals surface area (Å²) >= 11 is 9.45. The van der Waals surface area contributed by atoms with Crippen LogP contribution in [-0.2, 0) is 11.3 Å². The van der Waals surface area contributed by atoms with Gasteiger partial charge in [-0.15, -0.1) is 0 Å². The smallest absolute Gasteiger partial charge is 0.234 e. The maximum Gasteiger partial charge on any atom is 0.234 e. The van der Waals surface area contributed by atoms with Crippen LogP contribution >= 0.6 is 27.5 Å². The molecule has 0 aliphatic rings. The third kappa shape index (κ3) is 5.85. The molecule has 0 heterocycles. The fourth-order valence-corrected chi connectivity index (χ4v) is 2.04. The number of nitrogens with one attached hydrogen (secondary N) is 2. The summed E-state index contributed by atoms with van der Waals surface area (Å²) < 4.78 is 0.975. The van der Waals surface area contributed by atoms with Gasteiger partial charge in [-0.2, -0.15) is 0 Å². The molecule has 1 amide bonds. The first kappa shape index (κ1) is 15.5. The topological polar surface area (TPSA) is 41.1 Å². The number of hydrogen-bond donors (Lipinski definition) is 2. The van der Waals surface area contributed by atoms with Crippen molar-refractivity contribution >= 4 is 33.4 Å². The predicted octanol–water partition coefficient (Wildman–Crippen LogP) is 3.11. The summed E-state index contributed by atoms with van der Waals surface area (Å²) in [6.45, 7) is 6.71. The molecule has 100 valence electrons. The number of benzene rings is 1. The third-order valence-corrected chi connectivity index (χ3v) is 2.99. The second kappa shape index (κ2) is 6.55. The van der Waals surface area contributed by atoms with E-state index in [1.54, 1.807) is 0 Å². The molecule has 0 radical (unpaired) electrons. The fraction of sp³-hybridized carbons (Fsp3) is 0.462. The van der Waals surface area contributed by atoms with Crippen molar-refractivity contribution in [3.05, 3.63) is 33.3 Å². The molecule has 18 heavy (non-hydrogen) atoms. The van der Waals surface area contributed by atoms with Crippen LogP contribution in [0.3, 0.4) is 0 Å². The summed E-state index contributed by atoms with van der Waals surface area (Å²) in [6, 6.07) is 5.66. The Balaban J connectivity index is 2.42. The van der Waals surface area contributed by atoms with E-state index in [1.165, 1.54) is 0 Å². The maximum atomic E-state index is 11.6. The van der Waals surface area contributed by atoms with Gasteiger partial charge >= 0.3 is 0 Å². The van der Waals surface area contributed by atoms with Crippen molar-refractivity contribution in [3.8, 4) is 0 Å². The lowest BCUT2D eigenvalue weighted by Gasteiger charge is -2.20. The molecule has 2 N–H and O–H groups in total. The lowest BCUT2D eigenvalue weighted by atomic mass is 10.1. The molecule has 0 bridgehead atoms. The highest BCUT2D eigenvalue weighted by Crippen LogP contribution is 2.20. The quantitative estimate of drug-likeness (QED) is 0.889. The number of rotatable bonds is 4. The van der Waals surface area contributed by atoms with Gasteiger partial charge in [0.05, 0.1) is 6.54 Å². The number of halogens is 2. The number of hydrogen-bond acceptors (Lipinski definition) is 2. The molecular weight excluding hydrogens is 316 g/mol. The Bertz CT molecular complexity index is 429. The first-order valence-electron chi connectivity index (χ1n) is 5.73. The molecule has 0 saturated heterocycles. The Morgan fingerprint density at radius 2 is 2.06 bits per heavy atom. The Hall–Kier alpha value is -0.580. The minimum Gasteiger partial charge on any atom is -0.350 e. The first-order valence-corrected chi connectivity index (χ1v) is 6.91. The Kier molecular flexibility index (Phi) is 5.63. The molecule has 3 nitrogen and oxygen atoms in total. The Labute approximate surface area is 121 Å². The van der Waals surface area contributed by atoms with Crippen LogP contribution in [0.5, 0.6) is 0 Å². The zero-order valence-electron chi connectivity index (χ0n) is 10.8. The standard InChI is InChI=1S/C13H18BrClN2O/c1-13(2,3)17-12(18)8-16-7-9-6-10(14)4-5-11(9)15/h4-6,16H,7-8H2,1-3H3,(H,17,18). The monoisotopic (exact) mass is 332 g/mol. The van der Waals surface area contributed by atoms with Gasteiger partial charge in [-0.1, -0.05) is 27.5 Å². The summed E-state index contributed by atoms with van der Waals surface area (Å²) in [6.07, 6.45) is 0. The van der Waals surface area contributed by atoms with Crippen LogP contribution in [0.25, 0.3) is 0 Å². The molecule has 0 fully saturated rings. The highest BCUT2D eigenvalue weighted by atomic mass is 79.9. The first-order chi connectivity index (χ1) is 8.28. The van der Waals surface area contributed by atoms with Crippen molar-refractivity contribution in [2.45, 2.75) is 32.9 Å². The van der Waals surface area contributed by atoms with Gasteiger partial charge in [0.1, 0.15) is 0 Å². The Morgan fingerprint density at radius 3 is 2.67 bits per heavy atom. The van der Waals surface area contributed by atoms with Gasteiger partial charge in [0, 0.05) is 21.6 Å². The summed E-state index contributed by atoms with van der Waals surface area (Å²) in [5.41, 5.74) is 0.765. The molecule has 0 aromatic heterocycles. The van der Waals surface area contributed by atoms with E-state index < -0.39 is 0 Å². The average molecular weight is 334 g/mol. The van der Waals surface area contributed by atoms with Gasteiger partial charge in [0.15, 0.2) is 0 Å². The van der Waals surface area contributed by atoms with E-state index in [4.69, 9.17) is 11.6 Å². The molecule has 5 heteroatoms. The Morgan fingerprint density at radius 1 is 1.39 bits per heavy atom. The highest BCUT2D eigenvalue weighted by Gasteiger charge is 2.13. The van der Waals surface area contributed by atoms with Crippen LogP contribution in [-0.4, -0.2) is 18.0 Å². The summed E-state index contributed by atoms with van der Waals surface area (Å²) in [7, 11) is 0. The number of amides is 1. The second-order valence-electron chi connectivity index (χ2n) is 5.14. The second-order valence-corrected chi connectivity index (χ2v) is 6.46.